The van der Waals surface area contributed by atoms with Gasteiger partial charge in [0.1, 0.15) is 17.8 Å². The molecule has 2 heterocycles. The van der Waals surface area contributed by atoms with E-state index in [2.05, 4.69) is 26.0 Å². The minimum atomic E-state index is -0.549. The molecular formula is C21H23ClFN7O2. The van der Waals surface area contributed by atoms with E-state index in [9.17, 15) is 14.0 Å². The number of fused-ring (bicyclic) bond motifs is 1. The van der Waals surface area contributed by atoms with Crippen LogP contribution in [0.2, 0.25) is 5.02 Å². The van der Waals surface area contributed by atoms with Crippen LogP contribution in [-0.2, 0) is 27.1 Å². The van der Waals surface area contributed by atoms with E-state index in [1.54, 1.807) is 29.7 Å². The van der Waals surface area contributed by atoms with E-state index in [0.717, 1.165) is 30.4 Å². The van der Waals surface area contributed by atoms with Gasteiger partial charge in [-0.15, -0.1) is 0 Å². The van der Waals surface area contributed by atoms with Crippen molar-refractivity contribution in [2.75, 3.05) is 5.32 Å². The monoisotopic (exact) mass is 459 g/mol. The Hall–Kier alpha value is -3.40. The second-order valence-electron chi connectivity index (χ2n) is 7.71. The quantitative estimate of drug-likeness (QED) is 0.545. The number of aromatic nitrogens is 4. The van der Waals surface area contributed by atoms with E-state index >= 15 is 0 Å². The van der Waals surface area contributed by atoms with Crippen molar-refractivity contribution in [3.8, 4) is 0 Å². The molecule has 168 valence electrons. The lowest BCUT2D eigenvalue weighted by atomic mass is 9.89. The first-order valence-electron chi connectivity index (χ1n) is 10.1. The number of benzene rings is 1. The highest BCUT2D eigenvalue weighted by Gasteiger charge is 2.29. The predicted octanol–water partition coefficient (Wildman–Crippen LogP) is 3.08. The predicted molar refractivity (Wildman–Crippen MR) is 117 cm³/mol. The summed E-state index contributed by atoms with van der Waals surface area (Å²) in [5.74, 6) is -0.346. The van der Waals surface area contributed by atoms with Gasteiger partial charge in [-0.3, -0.25) is 9.48 Å². The van der Waals surface area contributed by atoms with Crippen molar-refractivity contribution in [3.63, 3.8) is 0 Å². The molecule has 0 spiro atoms. The molecule has 0 radical (unpaired) electrons. The van der Waals surface area contributed by atoms with Crippen molar-refractivity contribution in [1.29, 1.82) is 0 Å². The van der Waals surface area contributed by atoms with Gasteiger partial charge in [0.15, 0.2) is 5.82 Å². The lowest BCUT2D eigenvalue weighted by Gasteiger charge is -2.24. The number of amides is 3. The van der Waals surface area contributed by atoms with Crippen molar-refractivity contribution in [1.82, 2.24) is 30.0 Å². The van der Waals surface area contributed by atoms with Crippen molar-refractivity contribution in [2.45, 2.75) is 31.8 Å². The van der Waals surface area contributed by atoms with Crippen molar-refractivity contribution >= 4 is 29.2 Å². The van der Waals surface area contributed by atoms with Crippen LogP contribution in [0.15, 0.2) is 30.7 Å². The summed E-state index contributed by atoms with van der Waals surface area (Å²) in [7, 11) is 3.54. The van der Waals surface area contributed by atoms with E-state index in [1.807, 2.05) is 6.20 Å². The first kappa shape index (κ1) is 21.8. The Labute approximate surface area is 189 Å². The number of hydrogen-bond acceptors (Lipinski definition) is 4. The van der Waals surface area contributed by atoms with Crippen LogP contribution in [0, 0.1) is 5.82 Å². The summed E-state index contributed by atoms with van der Waals surface area (Å²) in [6.45, 7) is 0.217. The Balaban J connectivity index is 1.46. The number of halogens is 2. The summed E-state index contributed by atoms with van der Waals surface area (Å²) in [4.78, 5) is 29.5. The molecule has 1 aliphatic rings. The summed E-state index contributed by atoms with van der Waals surface area (Å²) < 4.78 is 16.7. The third kappa shape index (κ3) is 4.59. The molecule has 0 aliphatic heterocycles. The zero-order valence-corrected chi connectivity index (χ0v) is 18.4. The maximum atomic E-state index is 13.4. The van der Waals surface area contributed by atoms with Crippen LogP contribution >= 0.6 is 11.6 Å². The standard InChI is InChI=1S/C21H23ClFN7O2/c1-29-10-14-13(19(29)20(31)26-12-6-7-16(23)15(22)8-12)4-3-5-17(14)27-21(32)24-9-18-25-11-30(2)28-18/h6-8,10-11,17H,3-5,9H2,1-2H3,(H,26,31)(H2,24,27,32). The summed E-state index contributed by atoms with van der Waals surface area (Å²) >= 11 is 5.82. The van der Waals surface area contributed by atoms with Crippen LogP contribution < -0.4 is 16.0 Å². The van der Waals surface area contributed by atoms with Gasteiger partial charge in [-0.25, -0.2) is 14.2 Å². The smallest absolute Gasteiger partial charge is 0.315 e. The molecule has 2 aromatic heterocycles. The number of nitrogens with zero attached hydrogens (tertiary/aromatic N) is 4. The zero-order valence-electron chi connectivity index (χ0n) is 17.7. The first-order chi connectivity index (χ1) is 15.3. The summed E-state index contributed by atoms with van der Waals surface area (Å²) in [6, 6.07) is 3.49. The highest BCUT2D eigenvalue weighted by molar-refractivity contribution is 6.31. The molecule has 9 nitrogen and oxygen atoms in total. The van der Waals surface area contributed by atoms with Crippen LogP contribution in [0.25, 0.3) is 0 Å². The van der Waals surface area contributed by atoms with Gasteiger partial charge in [0.25, 0.3) is 5.91 Å². The minimum Gasteiger partial charge on any atom is -0.346 e. The fourth-order valence-electron chi connectivity index (χ4n) is 3.95. The van der Waals surface area contributed by atoms with E-state index in [-0.39, 0.29) is 29.5 Å². The lowest BCUT2D eigenvalue weighted by Crippen LogP contribution is -2.38. The molecular weight excluding hydrogens is 437 g/mol. The highest BCUT2D eigenvalue weighted by atomic mass is 35.5. The van der Waals surface area contributed by atoms with Gasteiger partial charge in [0, 0.05) is 26.0 Å². The molecule has 11 heteroatoms. The number of carbonyl (C=O) groups excluding carboxylic acids is 2. The number of hydrogen-bond donors (Lipinski definition) is 3. The molecule has 3 N–H and O–H groups in total. The van der Waals surface area contributed by atoms with Crippen LogP contribution in [0.1, 0.15) is 46.3 Å². The molecule has 1 atom stereocenters. The first-order valence-corrected chi connectivity index (χ1v) is 10.5. The van der Waals surface area contributed by atoms with Crippen molar-refractivity contribution < 1.29 is 14.0 Å². The Morgan fingerprint density at radius 3 is 2.84 bits per heavy atom. The number of nitrogens with one attached hydrogen (secondary N) is 3. The average Bonchev–Trinajstić information content (AvgIpc) is 3.32. The Morgan fingerprint density at radius 2 is 2.12 bits per heavy atom. The van der Waals surface area contributed by atoms with Crippen LogP contribution in [-0.4, -0.2) is 31.3 Å². The zero-order chi connectivity index (χ0) is 22.8. The lowest BCUT2D eigenvalue weighted by molar-refractivity contribution is 0.101. The third-order valence-corrected chi connectivity index (χ3v) is 5.66. The molecule has 0 fully saturated rings. The Kier molecular flexibility index (Phi) is 6.13. The molecule has 4 rings (SSSR count). The highest BCUT2D eigenvalue weighted by Crippen LogP contribution is 2.33. The Bertz CT molecular complexity index is 1170. The van der Waals surface area contributed by atoms with Gasteiger partial charge in [-0.05, 0) is 48.6 Å². The Morgan fingerprint density at radius 1 is 1.31 bits per heavy atom. The second-order valence-corrected chi connectivity index (χ2v) is 8.12. The molecule has 1 aliphatic carbocycles. The SMILES string of the molecule is Cn1cnc(CNC(=O)NC2CCCc3c2cn(C)c3C(=O)Nc2ccc(F)c(Cl)c2)n1. The molecule has 3 amide bonds. The fraction of sp³-hybridized carbons (Fsp3) is 0.333. The molecule has 1 unspecified atom stereocenters. The van der Waals surface area contributed by atoms with Gasteiger partial charge in [-0.2, -0.15) is 5.10 Å². The van der Waals surface area contributed by atoms with E-state index in [1.165, 1.54) is 18.2 Å². The summed E-state index contributed by atoms with van der Waals surface area (Å²) in [5, 5.41) is 12.6. The normalized spacial score (nSPS) is 15.2. The van der Waals surface area contributed by atoms with E-state index < -0.39 is 5.82 Å². The van der Waals surface area contributed by atoms with Crippen LogP contribution in [0.3, 0.4) is 0 Å². The molecule has 0 saturated heterocycles. The largest absolute Gasteiger partial charge is 0.346 e. The number of aryl methyl sites for hydroxylation is 2. The summed E-state index contributed by atoms with van der Waals surface area (Å²) in [6.07, 6.45) is 5.75. The van der Waals surface area contributed by atoms with Gasteiger partial charge >= 0.3 is 6.03 Å². The molecule has 0 bridgehead atoms. The molecule has 1 aromatic carbocycles. The third-order valence-electron chi connectivity index (χ3n) is 5.37. The second kappa shape index (κ2) is 8.99. The number of carbonyl (C=O) groups is 2. The van der Waals surface area contributed by atoms with Gasteiger partial charge in [0.2, 0.25) is 0 Å². The average molecular weight is 460 g/mol. The molecule has 3 aromatic rings. The van der Waals surface area contributed by atoms with Gasteiger partial charge in [-0.1, -0.05) is 11.6 Å². The maximum absolute atomic E-state index is 13.4. The number of rotatable bonds is 5. The molecule has 32 heavy (non-hydrogen) atoms. The van der Waals surface area contributed by atoms with E-state index in [4.69, 9.17) is 11.6 Å². The van der Waals surface area contributed by atoms with Crippen LogP contribution in [0.5, 0.6) is 0 Å². The van der Waals surface area contributed by atoms with Gasteiger partial charge < -0.3 is 20.5 Å². The van der Waals surface area contributed by atoms with E-state index in [0.29, 0.717) is 17.2 Å². The maximum Gasteiger partial charge on any atom is 0.315 e. The molecule has 0 saturated carbocycles. The van der Waals surface area contributed by atoms with Gasteiger partial charge in [0.05, 0.1) is 17.6 Å². The van der Waals surface area contributed by atoms with Crippen LogP contribution in [0.4, 0.5) is 14.9 Å². The summed E-state index contributed by atoms with van der Waals surface area (Å²) in [5.41, 5.74) is 2.71. The topological polar surface area (TPSA) is 106 Å². The fourth-order valence-corrected chi connectivity index (χ4v) is 4.13. The number of urea groups is 1. The minimum absolute atomic E-state index is 0.0621. The number of anilines is 1. The van der Waals surface area contributed by atoms with Crippen molar-refractivity contribution in [2.24, 2.45) is 14.1 Å². The van der Waals surface area contributed by atoms with Crippen molar-refractivity contribution in [3.05, 3.63) is 64.2 Å².